The van der Waals surface area contributed by atoms with E-state index in [0.717, 1.165) is 6.42 Å². The molecule has 2 N–H and O–H groups in total. The molecule has 2 saturated heterocycles. The number of aliphatic carboxylic acids is 1. The maximum atomic E-state index is 12.0. The molecule has 0 spiro atoms. The van der Waals surface area contributed by atoms with Crippen LogP contribution >= 0.6 is 0 Å². The Labute approximate surface area is 106 Å². The van der Waals surface area contributed by atoms with Gasteiger partial charge in [-0.2, -0.15) is 0 Å². The van der Waals surface area contributed by atoms with E-state index in [9.17, 15) is 14.7 Å². The molecule has 0 unspecified atom stereocenters. The number of nitrogens with zero attached hydrogens (tertiary/aromatic N) is 1. The van der Waals surface area contributed by atoms with Crippen LogP contribution in [0.2, 0.25) is 0 Å². The average Bonchev–Trinajstić information content (AvgIpc) is 2.74. The molecule has 2 aliphatic heterocycles. The summed E-state index contributed by atoms with van der Waals surface area (Å²) in [4.78, 5) is 24.3. The average molecular weight is 257 g/mol. The van der Waals surface area contributed by atoms with Crippen LogP contribution in [0.1, 0.15) is 32.6 Å². The number of carboxylic acid groups (broad SMARTS) is 1. The van der Waals surface area contributed by atoms with Crippen molar-refractivity contribution in [3.05, 3.63) is 0 Å². The van der Waals surface area contributed by atoms with E-state index in [2.05, 4.69) is 0 Å². The summed E-state index contributed by atoms with van der Waals surface area (Å²) in [6.07, 6.45) is 0.851. The number of likely N-dealkylation sites (tertiary alicyclic amines) is 1. The van der Waals surface area contributed by atoms with Crippen LogP contribution in [0.5, 0.6) is 0 Å². The molecule has 6 heteroatoms. The van der Waals surface area contributed by atoms with Gasteiger partial charge in [0.15, 0.2) is 6.10 Å². The fraction of sp³-hybridized carbons (Fsp3) is 0.833. The van der Waals surface area contributed by atoms with Gasteiger partial charge in [-0.3, -0.25) is 4.79 Å². The Morgan fingerprint density at radius 2 is 1.94 bits per heavy atom. The van der Waals surface area contributed by atoms with Gasteiger partial charge in [0.25, 0.3) is 5.91 Å². The molecule has 18 heavy (non-hydrogen) atoms. The van der Waals surface area contributed by atoms with Gasteiger partial charge in [0, 0.05) is 0 Å². The number of hydrogen-bond acceptors (Lipinski definition) is 4. The van der Waals surface area contributed by atoms with Crippen molar-refractivity contribution in [3.8, 4) is 0 Å². The zero-order chi connectivity index (χ0) is 13.3. The zero-order valence-electron chi connectivity index (χ0n) is 10.5. The topological polar surface area (TPSA) is 87.1 Å². The van der Waals surface area contributed by atoms with Crippen LogP contribution in [0.3, 0.4) is 0 Å². The third-order valence-electron chi connectivity index (χ3n) is 3.57. The lowest BCUT2D eigenvalue weighted by Crippen LogP contribution is -2.65. The Hall–Kier alpha value is -1.14. The highest BCUT2D eigenvalue weighted by atomic mass is 16.5. The molecule has 6 nitrogen and oxygen atoms in total. The van der Waals surface area contributed by atoms with Gasteiger partial charge in [-0.15, -0.1) is 0 Å². The van der Waals surface area contributed by atoms with Crippen LogP contribution in [-0.2, 0) is 14.3 Å². The molecule has 0 bridgehead atoms. The van der Waals surface area contributed by atoms with E-state index < -0.39 is 23.8 Å². The van der Waals surface area contributed by atoms with E-state index in [-0.39, 0.29) is 5.91 Å². The standard InChI is InChI=1S/C12H19NO5/c1-2-5-12(17)6-13(7-12)10(14)8-3-4-9(18-8)11(15)16/h8-9,17H,2-7H2,1H3,(H,15,16)/t8-,9+/m0/s1. The monoisotopic (exact) mass is 257 g/mol. The van der Waals surface area contributed by atoms with Crippen LogP contribution < -0.4 is 0 Å². The summed E-state index contributed by atoms with van der Waals surface area (Å²) in [5, 5.41) is 18.8. The first-order valence-electron chi connectivity index (χ1n) is 6.34. The maximum Gasteiger partial charge on any atom is 0.332 e. The highest BCUT2D eigenvalue weighted by Crippen LogP contribution is 2.29. The Kier molecular flexibility index (Phi) is 3.59. The lowest BCUT2D eigenvalue weighted by Gasteiger charge is -2.47. The second kappa shape index (κ2) is 4.85. The summed E-state index contributed by atoms with van der Waals surface area (Å²) in [5.41, 5.74) is -0.755. The molecule has 2 atom stereocenters. The number of aliphatic hydroxyl groups is 1. The normalized spacial score (nSPS) is 30.0. The van der Waals surface area contributed by atoms with Gasteiger partial charge in [-0.05, 0) is 19.3 Å². The minimum Gasteiger partial charge on any atom is -0.479 e. The fourth-order valence-electron chi connectivity index (χ4n) is 2.65. The quantitative estimate of drug-likeness (QED) is 0.739. The molecule has 1 amide bonds. The largest absolute Gasteiger partial charge is 0.479 e. The van der Waals surface area contributed by atoms with Gasteiger partial charge in [0.2, 0.25) is 0 Å². The third-order valence-corrected chi connectivity index (χ3v) is 3.57. The van der Waals surface area contributed by atoms with E-state index in [0.29, 0.717) is 32.4 Å². The summed E-state index contributed by atoms with van der Waals surface area (Å²) >= 11 is 0. The first kappa shape index (κ1) is 13.3. The zero-order valence-corrected chi connectivity index (χ0v) is 10.5. The molecule has 0 aromatic carbocycles. The van der Waals surface area contributed by atoms with Crippen molar-refractivity contribution in [2.24, 2.45) is 0 Å². The molecular formula is C12H19NO5. The van der Waals surface area contributed by atoms with Gasteiger partial charge in [-0.1, -0.05) is 13.3 Å². The summed E-state index contributed by atoms with van der Waals surface area (Å²) in [6, 6.07) is 0. The number of carbonyl (C=O) groups is 2. The van der Waals surface area contributed by atoms with Crippen molar-refractivity contribution < 1.29 is 24.5 Å². The number of ether oxygens (including phenoxy) is 1. The predicted octanol–water partition coefficient (Wildman–Crippen LogP) is -0.00800. The molecule has 0 radical (unpaired) electrons. The lowest BCUT2D eigenvalue weighted by atomic mass is 9.89. The van der Waals surface area contributed by atoms with E-state index in [1.165, 1.54) is 0 Å². The number of carbonyl (C=O) groups excluding carboxylic acids is 1. The highest BCUT2D eigenvalue weighted by Gasteiger charge is 2.46. The molecule has 0 aromatic heterocycles. The number of hydrogen-bond donors (Lipinski definition) is 2. The molecule has 0 aromatic rings. The Balaban J connectivity index is 1.82. The second-order valence-corrected chi connectivity index (χ2v) is 5.20. The molecular weight excluding hydrogens is 238 g/mol. The summed E-state index contributed by atoms with van der Waals surface area (Å²) < 4.78 is 5.20. The molecule has 2 aliphatic rings. The fourth-order valence-corrected chi connectivity index (χ4v) is 2.65. The van der Waals surface area contributed by atoms with Crippen LogP contribution in [-0.4, -0.2) is 57.9 Å². The van der Waals surface area contributed by atoms with E-state index >= 15 is 0 Å². The lowest BCUT2D eigenvalue weighted by molar-refractivity contribution is -0.169. The number of rotatable bonds is 4. The van der Waals surface area contributed by atoms with Crippen molar-refractivity contribution in [1.82, 2.24) is 4.90 Å². The molecule has 0 aliphatic carbocycles. The van der Waals surface area contributed by atoms with Gasteiger partial charge in [0.05, 0.1) is 18.7 Å². The van der Waals surface area contributed by atoms with E-state index in [1.807, 2.05) is 6.92 Å². The predicted molar refractivity (Wildman–Crippen MR) is 62.0 cm³/mol. The van der Waals surface area contributed by atoms with Gasteiger partial charge < -0.3 is 19.8 Å². The van der Waals surface area contributed by atoms with Crippen molar-refractivity contribution in [3.63, 3.8) is 0 Å². The minimum absolute atomic E-state index is 0.195. The van der Waals surface area contributed by atoms with E-state index in [1.54, 1.807) is 4.90 Å². The second-order valence-electron chi connectivity index (χ2n) is 5.20. The van der Waals surface area contributed by atoms with Crippen LogP contribution in [0.4, 0.5) is 0 Å². The first-order valence-corrected chi connectivity index (χ1v) is 6.34. The van der Waals surface area contributed by atoms with Gasteiger partial charge >= 0.3 is 5.97 Å². The van der Waals surface area contributed by atoms with Crippen LogP contribution in [0.25, 0.3) is 0 Å². The summed E-state index contributed by atoms with van der Waals surface area (Å²) in [7, 11) is 0. The number of amides is 1. The Bertz CT molecular complexity index is 350. The van der Waals surface area contributed by atoms with Crippen molar-refractivity contribution in [2.75, 3.05) is 13.1 Å². The molecule has 2 rings (SSSR count). The van der Waals surface area contributed by atoms with Crippen molar-refractivity contribution in [1.29, 1.82) is 0 Å². The Morgan fingerprint density at radius 3 is 2.44 bits per heavy atom. The molecule has 102 valence electrons. The maximum absolute atomic E-state index is 12.0. The summed E-state index contributed by atoms with van der Waals surface area (Å²) in [5.74, 6) is -1.21. The van der Waals surface area contributed by atoms with Crippen molar-refractivity contribution >= 4 is 11.9 Å². The van der Waals surface area contributed by atoms with Crippen molar-refractivity contribution in [2.45, 2.75) is 50.4 Å². The minimum atomic E-state index is -1.02. The van der Waals surface area contributed by atoms with Gasteiger partial charge in [-0.25, -0.2) is 4.79 Å². The smallest absolute Gasteiger partial charge is 0.332 e. The first-order chi connectivity index (χ1) is 8.45. The molecule has 2 fully saturated rings. The third kappa shape index (κ3) is 2.49. The molecule has 0 saturated carbocycles. The van der Waals surface area contributed by atoms with Crippen LogP contribution in [0, 0.1) is 0 Å². The highest BCUT2D eigenvalue weighted by molar-refractivity contribution is 5.83. The Morgan fingerprint density at radius 1 is 1.33 bits per heavy atom. The van der Waals surface area contributed by atoms with Gasteiger partial charge in [0.1, 0.15) is 6.10 Å². The SMILES string of the molecule is CCCC1(O)CN(C(=O)[C@@H]2CC[C@H](C(=O)O)O2)C1. The molecule has 2 heterocycles. The number of carboxylic acids is 1. The number of β-amino-alcohol motifs (C(OH)–C–C–N with tert-alkyl or cyclic N) is 1. The summed E-state index contributed by atoms with van der Waals surface area (Å²) in [6.45, 7) is 2.65. The van der Waals surface area contributed by atoms with E-state index in [4.69, 9.17) is 9.84 Å². The van der Waals surface area contributed by atoms with Crippen LogP contribution in [0.15, 0.2) is 0 Å².